The number of ether oxygens (including phenoxy) is 1. The van der Waals surface area contributed by atoms with Crippen LogP contribution in [0.15, 0.2) is 48.5 Å². The zero-order valence-corrected chi connectivity index (χ0v) is 14.9. The highest BCUT2D eigenvalue weighted by Crippen LogP contribution is 2.14. The number of esters is 1. The van der Waals surface area contributed by atoms with E-state index in [9.17, 15) is 19.2 Å². The Bertz CT molecular complexity index is 845. The van der Waals surface area contributed by atoms with E-state index in [1.807, 2.05) is 0 Å². The smallest absolute Gasteiger partial charge is 0.337 e. The van der Waals surface area contributed by atoms with Gasteiger partial charge in [-0.05, 0) is 48.5 Å². The third-order valence-corrected chi connectivity index (χ3v) is 3.40. The van der Waals surface area contributed by atoms with E-state index in [4.69, 9.17) is 0 Å². The van der Waals surface area contributed by atoms with Crippen molar-refractivity contribution in [1.82, 2.24) is 0 Å². The number of benzene rings is 2. The van der Waals surface area contributed by atoms with Crippen molar-refractivity contribution in [2.24, 2.45) is 0 Å². The highest BCUT2D eigenvalue weighted by molar-refractivity contribution is 6.08. The summed E-state index contributed by atoms with van der Waals surface area (Å²) in [7, 11) is 1.28. The van der Waals surface area contributed by atoms with Crippen LogP contribution in [-0.2, 0) is 19.1 Å². The standard InChI is InChI=1S/C19H19N3O5/c1-12(23)20-14-7-9-16(10-8-14)22-18(25)11-17(24)21-15-5-3-13(4-6-15)19(26)27-2/h3-10H,11H2,1-2H3,(H,20,23)(H,21,24)(H,22,25). The van der Waals surface area contributed by atoms with Crippen molar-refractivity contribution < 1.29 is 23.9 Å². The Morgan fingerprint density at radius 2 is 1.15 bits per heavy atom. The van der Waals surface area contributed by atoms with Gasteiger partial charge < -0.3 is 20.7 Å². The lowest BCUT2D eigenvalue weighted by Crippen LogP contribution is -2.21. The third kappa shape index (κ3) is 6.28. The molecule has 140 valence electrons. The molecule has 0 aliphatic carbocycles. The summed E-state index contributed by atoms with van der Waals surface area (Å²) in [4.78, 5) is 46.2. The molecule has 8 heteroatoms. The first-order chi connectivity index (χ1) is 12.9. The molecule has 0 radical (unpaired) electrons. The molecule has 0 heterocycles. The fourth-order valence-corrected chi connectivity index (χ4v) is 2.20. The van der Waals surface area contributed by atoms with E-state index in [0.29, 0.717) is 22.6 Å². The van der Waals surface area contributed by atoms with Crippen LogP contribution < -0.4 is 16.0 Å². The molecule has 0 aliphatic rings. The largest absolute Gasteiger partial charge is 0.465 e. The minimum absolute atomic E-state index is 0.192. The Balaban J connectivity index is 1.85. The number of methoxy groups -OCH3 is 1. The van der Waals surface area contributed by atoms with Gasteiger partial charge in [0.2, 0.25) is 17.7 Å². The monoisotopic (exact) mass is 369 g/mol. The van der Waals surface area contributed by atoms with Gasteiger partial charge in [0.05, 0.1) is 12.7 Å². The Labute approximate surface area is 155 Å². The first-order valence-electron chi connectivity index (χ1n) is 8.03. The minimum atomic E-state index is -0.492. The summed E-state index contributed by atoms with van der Waals surface area (Å²) < 4.78 is 4.59. The predicted octanol–water partition coefficient (Wildman–Crippen LogP) is 2.40. The fourth-order valence-electron chi connectivity index (χ4n) is 2.20. The van der Waals surface area contributed by atoms with Gasteiger partial charge >= 0.3 is 5.97 Å². The summed E-state index contributed by atoms with van der Waals surface area (Å²) in [6.45, 7) is 1.40. The molecule has 0 unspecified atom stereocenters. The van der Waals surface area contributed by atoms with E-state index in [-0.39, 0.29) is 12.3 Å². The molecule has 2 aromatic carbocycles. The van der Waals surface area contributed by atoms with E-state index >= 15 is 0 Å². The lowest BCUT2D eigenvalue weighted by molar-refractivity contribution is -0.123. The zero-order chi connectivity index (χ0) is 19.8. The van der Waals surface area contributed by atoms with Crippen LogP contribution in [0, 0.1) is 0 Å². The average molecular weight is 369 g/mol. The normalized spacial score (nSPS) is 9.85. The van der Waals surface area contributed by atoms with E-state index in [1.165, 1.54) is 26.2 Å². The lowest BCUT2D eigenvalue weighted by Gasteiger charge is -2.08. The lowest BCUT2D eigenvalue weighted by atomic mass is 10.2. The number of carbonyl (C=O) groups excluding carboxylic acids is 4. The van der Waals surface area contributed by atoms with Crippen molar-refractivity contribution in [3.8, 4) is 0 Å². The SMILES string of the molecule is COC(=O)c1ccc(NC(=O)CC(=O)Nc2ccc(NC(C)=O)cc2)cc1. The number of rotatable bonds is 6. The molecule has 8 nitrogen and oxygen atoms in total. The maximum Gasteiger partial charge on any atom is 0.337 e. The molecule has 0 fully saturated rings. The molecule has 0 atom stereocenters. The minimum Gasteiger partial charge on any atom is -0.465 e. The van der Waals surface area contributed by atoms with E-state index in [1.54, 1.807) is 36.4 Å². The summed E-state index contributed by atoms with van der Waals surface area (Å²) in [5, 5.41) is 7.79. The number of carbonyl (C=O) groups is 4. The number of hydrogen-bond donors (Lipinski definition) is 3. The molecule has 0 aliphatic heterocycles. The van der Waals surface area contributed by atoms with Gasteiger partial charge in [-0.3, -0.25) is 14.4 Å². The molecule has 3 N–H and O–H groups in total. The highest BCUT2D eigenvalue weighted by atomic mass is 16.5. The number of nitrogens with one attached hydrogen (secondary N) is 3. The van der Waals surface area contributed by atoms with Gasteiger partial charge in [-0.25, -0.2) is 4.79 Å². The number of anilines is 3. The van der Waals surface area contributed by atoms with Gasteiger partial charge in [0.1, 0.15) is 6.42 Å². The number of hydrogen-bond acceptors (Lipinski definition) is 5. The van der Waals surface area contributed by atoms with Crippen molar-refractivity contribution in [3.05, 3.63) is 54.1 Å². The molecule has 0 aromatic heterocycles. The molecule has 2 aromatic rings. The van der Waals surface area contributed by atoms with Crippen molar-refractivity contribution in [2.75, 3.05) is 23.1 Å². The Kier molecular flexibility index (Phi) is 6.65. The van der Waals surface area contributed by atoms with Crippen LogP contribution in [0.1, 0.15) is 23.7 Å². The van der Waals surface area contributed by atoms with Crippen LogP contribution in [0.5, 0.6) is 0 Å². The summed E-state index contributed by atoms with van der Waals surface area (Å²) in [5.74, 6) is -1.64. The number of amides is 3. The first-order valence-corrected chi connectivity index (χ1v) is 8.03. The Hall–Kier alpha value is -3.68. The Morgan fingerprint density at radius 1 is 0.741 bits per heavy atom. The second-order valence-corrected chi connectivity index (χ2v) is 5.60. The van der Waals surface area contributed by atoms with Gasteiger partial charge in [-0.1, -0.05) is 0 Å². The maximum absolute atomic E-state index is 12.0. The quantitative estimate of drug-likeness (QED) is 0.534. The van der Waals surface area contributed by atoms with Gasteiger partial charge in [0.15, 0.2) is 0 Å². The zero-order valence-electron chi connectivity index (χ0n) is 14.9. The van der Waals surface area contributed by atoms with Crippen molar-refractivity contribution in [2.45, 2.75) is 13.3 Å². The molecule has 27 heavy (non-hydrogen) atoms. The Morgan fingerprint density at radius 3 is 1.56 bits per heavy atom. The van der Waals surface area contributed by atoms with E-state index < -0.39 is 17.8 Å². The van der Waals surface area contributed by atoms with Crippen molar-refractivity contribution >= 4 is 40.8 Å². The van der Waals surface area contributed by atoms with Crippen LogP contribution in [0.4, 0.5) is 17.1 Å². The summed E-state index contributed by atoms with van der Waals surface area (Å²) in [5.41, 5.74) is 1.93. The second-order valence-electron chi connectivity index (χ2n) is 5.60. The molecular weight excluding hydrogens is 350 g/mol. The van der Waals surface area contributed by atoms with Gasteiger partial charge in [0.25, 0.3) is 0 Å². The highest BCUT2D eigenvalue weighted by Gasteiger charge is 2.11. The van der Waals surface area contributed by atoms with Crippen LogP contribution in [-0.4, -0.2) is 30.8 Å². The van der Waals surface area contributed by atoms with Gasteiger partial charge in [-0.2, -0.15) is 0 Å². The topological polar surface area (TPSA) is 114 Å². The molecule has 0 spiro atoms. The predicted molar refractivity (Wildman–Crippen MR) is 100 cm³/mol. The average Bonchev–Trinajstić information content (AvgIpc) is 2.62. The van der Waals surface area contributed by atoms with Gasteiger partial charge in [0, 0.05) is 24.0 Å². The van der Waals surface area contributed by atoms with E-state index in [2.05, 4.69) is 20.7 Å². The van der Waals surface area contributed by atoms with Crippen LogP contribution in [0.25, 0.3) is 0 Å². The molecule has 2 rings (SSSR count). The maximum atomic E-state index is 12.0. The molecule has 0 bridgehead atoms. The molecular formula is C19H19N3O5. The van der Waals surface area contributed by atoms with Crippen molar-refractivity contribution in [1.29, 1.82) is 0 Å². The summed E-state index contributed by atoms with van der Waals surface area (Å²) >= 11 is 0. The fraction of sp³-hybridized carbons (Fsp3) is 0.158. The van der Waals surface area contributed by atoms with Crippen LogP contribution in [0.2, 0.25) is 0 Å². The second kappa shape index (κ2) is 9.14. The molecule has 0 saturated heterocycles. The van der Waals surface area contributed by atoms with Crippen LogP contribution >= 0.6 is 0 Å². The molecule has 0 saturated carbocycles. The van der Waals surface area contributed by atoms with Gasteiger partial charge in [-0.15, -0.1) is 0 Å². The van der Waals surface area contributed by atoms with E-state index in [0.717, 1.165) is 0 Å². The first kappa shape index (κ1) is 19.6. The summed E-state index contributed by atoms with van der Waals surface area (Å²) in [6.07, 6.45) is -0.369. The summed E-state index contributed by atoms with van der Waals surface area (Å²) in [6, 6.07) is 12.6. The van der Waals surface area contributed by atoms with Crippen LogP contribution in [0.3, 0.4) is 0 Å². The molecule has 3 amide bonds. The third-order valence-electron chi connectivity index (χ3n) is 3.40. The van der Waals surface area contributed by atoms with Crippen molar-refractivity contribution in [3.63, 3.8) is 0 Å².